The molecule has 6 heavy (non-hydrogen) atoms. The Morgan fingerprint density at radius 1 is 1.17 bits per heavy atom. The summed E-state index contributed by atoms with van der Waals surface area (Å²) in [6, 6.07) is 0. The number of hydrogen-bond acceptors (Lipinski definition) is 0. The molecule has 0 spiro atoms. The van der Waals surface area contributed by atoms with Gasteiger partial charge in [0.15, 0.2) is 0 Å². The van der Waals surface area contributed by atoms with Crippen LogP contribution >= 0.6 is 0 Å². The van der Waals surface area contributed by atoms with Gasteiger partial charge in [0.05, 0.1) is 0 Å². The van der Waals surface area contributed by atoms with Gasteiger partial charge < -0.3 is 0 Å². The zero-order chi connectivity index (χ0) is 2.00. The van der Waals surface area contributed by atoms with E-state index < -0.39 is 0 Å². The quantitative estimate of drug-likeness (QED) is 0.254. The first-order chi connectivity index (χ1) is 1.00. The van der Waals surface area contributed by atoms with Crippen LogP contribution in [0, 0.1) is 0 Å². The van der Waals surface area contributed by atoms with Crippen LogP contribution in [0.4, 0.5) is 0 Å². The summed E-state index contributed by atoms with van der Waals surface area (Å²) in [5.41, 5.74) is 0. The van der Waals surface area contributed by atoms with E-state index in [0.29, 0.717) is 0 Å². The first kappa shape index (κ1) is 31.4. The average Bonchev–Trinajstić information content (AvgIpc) is 1.00. The summed E-state index contributed by atoms with van der Waals surface area (Å²) in [5, 5.41) is 0. The standard InChI is InChI=1S/Bi.Mg.Ni.Sb.Sn.Ti.9H. The maximum atomic E-state index is 2.13. The number of hydrogen-bond donors (Lipinski definition) is 0. The molecule has 6 heteroatoms. The molecular formula is H9BiMgNiSbSnTi. The van der Waals surface area contributed by atoms with Crippen molar-refractivity contribution in [2.45, 2.75) is 0 Å². The van der Waals surface area contributed by atoms with Gasteiger partial charge in [-0.05, 0) is 0 Å². The van der Waals surface area contributed by atoms with Crippen LogP contribution in [0.15, 0.2) is 0 Å². The molecule has 0 N–H and O–H groups in total. The second-order valence-corrected chi connectivity index (χ2v) is 0. The minimum absolute atomic E-state index is 0. The molecule has 0 aliphatic heterocycles. The molecule has 0 aromatic heterocycles. The van der Waals surface area contributed by atoms with Gasteiger partial charge >= 0.3 is 109 Å². The third-order valence-corrected chi connectivity index (χ3v) is 0. The topological polar surface area (TPSA) is 0 Å². The van der Waals surface area contributed by atoms with Gasteiger partial charge in [0, 0.05) is 16.5 Å². The Morgan fingerprint density at radius 2 is 1.17 bits per heavy atom. The first-order valence-electron chi connectivity index (χ1n) is 0.289. The Balaban J connectivity index is -0.000000000833. The molecule has 0 rings (SSSR count). The molecule has 0 saturated heterocycles. The molecule has 0 fully saturated rings. The summed E-state index contributed by atoms with van der Waals surface area (Å²) in [7, 11) is 0. The van der Waals surface area contributed by atoms with Crippen LogP contribution in [0.5, 0.6) is 0 Å². The Hall–Kier alpha value is 4.47. The molecule has 0 amide bonds. The summed E-state index contributed by atoms with van der Waals surface area (Å²) in [4.78, 5) is 0. The molecule has 0 aliphatic rings. The fraction of sp³-hybridized carbons (Fsp3) is 0. The molecule has 0 aromatic rings. The van der Waals surface area contributed by atoms with Crippen molar-refractivity contribution in [3.63, 3.8) is 0 Å². The summed E-state index contributed by atoms with van der Waals surface area (Å²) in [6.07, 6.45) is 0. The predicted molar refractivity (Wildman–Crippen MR) is 35.6 cm³/mol. The van der Waals surface area contributed by atoms with Gasteiger partial charge in [0.25, 0.3) is 0 Å². The van der Waals surface area contributed by atoms with E-state index in [2.05, 4.69) is 16.6 Å². The summed E-state index contributed by atoms with van der Waals surface area (Å²) >= 11 is 3.48. The Kier molecular flexibility index (Phi) is 178. The van der Waals surface area contributed by atoms with Crippen LogP contribution in [0.3, 0.4) is 0 Å². The van der Waals surface area contributed by atoms with Gasteiger partial charge in [-0.2, -0.15) is 0 Å². The normalized spacial score (nSPS) is 0.667. The van der Waals surface area contributed by atoms with Gasteiger partial charge in [-0.1, -0.05) is 0 Å². The Labute approximate surface area is 123 Å². The third-order valence-electron chi connectivity index (χ3n) is 0. The summed E-state index contributed by atoms with van der Waals surface area (Å²) < 4.78 is 0. The fourth-order valence-electron chi connectivity index (χ4n) is 0. The van der Waals surface area contributed by atoms with Crippen LogP contribution in [0.25, 0.3) is 0 Å². The van der Waals surface area contributed by atoms with Crippen molar-refractivity contribution in [2.24, 2.45) is 0 Å². The van der Waals surface area contributed by atoms with E-state index in [4.69, 9.17) is 0 Å². The van der Waals surface area contributed by atoms with E-state index in [-0.39, 0.29) is 89.7 Å². The molecular weight excluding hydrogens is 580 g/mol. The van der Waals surface area contributed by atoms with Gasteiger partial charge in [0.1, 0.15) is 0 Å². The molecule has 0 aromatic carbocycles. The molecule has 0 bridgehead atoms. The fourth-order valence-corrected chi connectivity index (χ4v) is 0. The van der Waals surface area contributed by atoms with Crippen LogP contribution in [0.2, 0.25) is 0 Å². The molecule has 0 atom stereocenters. The van der Waals surface area contributed by atoms with Crippen LogP contribution in [-0.2, 0) is 33.1 Å². The molecule has 0 saturated carbocycles. The van der Waals surface area contributed by atoms with Crippen molar-refractivity contribution < 1.29 is 33.1 Å². The van der Waals surface area contributed by atoms with Gasteiger partial charge in [0.2, 0.25) is 0 Å². The van der Waals surface area contributed by atoms with E-state index in [1.807, 2.05) is 0 Å². The first-order valence-corrected chi connectivity index (χ1v) is 7.98. The van der Waals surface area contributed by atoms with Crippen molar-refractivity contribution in [1.82, 2.24) is 0 Å². The second kappa shape index (κ2) is 34.0. The van der Waals surface area contributed by atoms with Gasteiger partial charge in [-0.3, -0.25) is 0 Å². The molecule has 0 heterocycles. The maximum absolute atomic E-state index is 2.13. The van der Waals surface area contributed by atoms with Crippen LogP contribution in [-0.4, -0.2) is 92.7 Å². The van der Waals surface area contributed by atoms with E-state index in [9.17, 15) is 0 Å². The molecule has 2 radical (unpaired) electrons. The Morgan fingerprint density at radius 3 is 1.17 bits per heavy atom. The monoisotopic (exact) mass is 589 g/mol. The van der Waals surface area contributed by atoms with Gasteiger partial charge in [-0.25, -0.2) is 0 Å². The van der Waals surface area contributed by atoms with Crippen LogP contribution < -0.4 is 0 Å². The molecule has 39 valence electrons. The molecule has 0 unspecified atom stereocenters. The van der Waals surface area contributed by atoms with E-state index in [1.165, 1.54) is 19.6 Å². The molecule has 0 aliphatic carbocycles. The van der Waals surface area contributed by atoms with E-state index >= 15 is 0 Å². The third kappa shape index (κ3) is 23.6. The number of rotatable bonds is 0. The van der Waals surface area contributed by atoms with Crippen molar-refractivity contribution >= 4 is 92.7 Å². The van der Waals surface area contributed by atoms with Crippen molar-refractivity contribution in [2.75, 3.05) is 0 Å². The van der Waals surface area contributed by atoms with Gasteiger partial charge in [-0.15, -0.1) is 0 Å². The average molecular weight is 589 g/mol. The molecule has 0 nitrogen and oxygen atoms in total. The van der Waals surface area contributed by atoms with Crippen molar-refractivity contribution in [3.05, 3.63) is 0 Å². The Bertz CT molecular complexity index is 15.5. The van der Waals surface area contributed by atoms with E-state index in [0.717, 1.165) is 0 Å². The van der Waals surface area contributed by atoms with Crippen molar-refractivity contribution in [3.8, 4) is 0 Å². The second-order valence-electron chi connectivity index (χ2n) is 0. The minimum atomic E-state index is 0. The van der Waals surface area contributed by atoms with E-state index in [1.54, 1.807) is 0 Å². The zero-order valence-corrected chi connectivity index (χ0v) is 18.2. The SMILES string of the molecule is [BiH3].[MgH2].[Ni].[SnH2].[Ti][SbH2]. The van der Waals surface area contributed by atoms with Crippen molar-refractivity contribution in [1.29, 1.82) is 0 Å². The summed E-state index contributed by atoms with van der Waals surface area (Å²) in [6.45, 7) is 0. The zero-order valence-electron chi connectivity index (χ0n) is 2.81. The predicted octanol–water partition coefficient (Wildman–Crippen LogP) is -3.94. The van der Waals surface area contributed by atoms with Crippen LogP contribution in [0.1, 0.15) is 0 Å². The summed E-state index contributed by atoms with van der Waals surface area (Å²) in [5.74, 6) is 0.